The summed E-state index contributed by atoms with van der Waals surface area (Å²) in [5.74, 6) is -0.211. The molecule has 6 N–H and O–H groups in total. The van der Waals surface area contributed by atoms with Crippen LogP contribution in [0.1, 0.15) is 290 Å². The molecule has 1 fully saturated rings. The quantitative estimate of drug-likeness (QED) is 0.0195. The first-order valence-electron chi connectivity index (χ1n) is 33.2. The summed E-state index contributed by atoms with van der Waals surface area (Å²) in [4.78, 5) is 25.1. The number of aliphatic hydroxyl groups excluding tert-OH is 5. The van der Waals surface area contributed by atoms with E-state index >= 15 is 0 Å². The number of rotatable bonds is 57. The summed E-state index contributed by atoms with van der Waals surface area (Å²) in [7, 11) is 0. The van der Waals surface area contributed by atoms with Gasteiger partial charge in [-0.1, -0.05) is 240 Å². The van der Waals surface area contributed by atoms with Gasteiger partial charge >= 0.3 is 5.97 Å². The molecule has 1 aliphatic rings. The maximum absolute atomic E-state index is 13.0. The van der Waals surface area contributed by atoms with Crippen LogP contribution in [0.4, 0.5) is 0 Å². The number of amides is 1. The Morgan fingerprint density at radius 2 is 0.900 bits per heavy atom. The number of nitrogens with one attached hydrogen (secondary N) is 1. The summed E-state index contributed by atoms with van der Waals surface area (Å²) in [5, 5.41) is 54.2. The van der Waals surface area contributed by atoms with Crippen LogP contribution >= 0.6 is 0 Å². The zero-order valence-corrected chi connectivity index (χ0v) is 51.3. The van der Waals surface area contributed by atoms with E-state index in [-0.39, 0.29) is 18.5 Å². The van der Waals surface area contributed by atoms with E-state index in [2.05, 4.69) is 66.9 Å². The molecule has 1 heterocycles. The molecule has 0 saturated carbocycles. The highest BCUT2D eigenvalue weighted by molar-refractivity contribution is 5.76. The van der Waals surface area contributed by atoms with Crippen LogP contribution < -0.4 is 5.32 Å². The number of hydrogen-bond donors (Lipinski definition) is 6. The molecule has 0 bridgehead atoms. The van der Waals surface area contributed by atoms with Crippen LogP contribution in [-0.4, -0.2) is 100 Å². The van der Waals surface area contributed by atoms with Gasteiger partial charge in [0.05, 0.1) is 32.0 Å². The number of esters is 1. The molecule has 11 heteroatoms. The summed E-state index contributed by atoms with van der Waals surface area (Å²) < 4.78 is 16.7. The minimum absolute atomic E-state index is 0.00760. The molecule has 7 atom stereocenters. The van der Waals surface area contributed by atoms with Gasteiger partial charge < -0.3 is 45.1 Å². The van der Waals surface area contributed by atoms with Crippen molar-refractivity contribution in [3.05, 3.63) is 72.9 Å². The molecule has 11 nitrogen and oxygen atoms in total. The first kappa shape index (κ1) is 75.1. The zero-order chi connectivity index (χ0) is 58.0. The summed E-state index contributed by atoms with van der Waals surface area (Å²) >= 11 is 0. The second-order valence-corrected chi connectivity index (χ2v) is 22.8. The molecule has 0 aromatic rings. The average molecular weight is 1130 g/mol. The summed E-state index contributed by atoms with van der Waals surface area (Å²) in [6, 6.07) is -0.837. The van der Waals surface area contributed by atoms with Crippen molar-refractivity contribution in [2.45, 2.75) is 333 Å². The van der Waals surface area contributed by atoms with Gasteiger partial charge in [0.1, 0.15) is 24.4 Å². The Hall–Kier alpha value is -2.90. The number of hydrogen-bond acceptors (Lipinski definition) is 10. The summed E-state index contributed by atoms with van der Waals surface area (Å²) in [6.45, 7) is 4.08. The lowest BCUT2D eigenvalue weighted by Crippen LogP contribution is -2.60. The van der Waals surface area contributed by atoms with Crippen LogP contribution in [0.5, 0.6) is 0 Å². The van der Waals surface area contributed by atoms with Crippen LogP contribution in [0.15, 0.2) is 72.9 Å². The second-order valence-electron chi connectivity index (χ2n) is 22.8. The SMILES string of the molecule is C/C=C/CC/C=C/CC/C=C/C(O)C(COC1OC(CO)C(O)C(O)C1O)NC(=O)CCCCCCCCCCCCC/C=C\C/C=C\CCCCCCCCCCCOC(=O)CCCCCCC/C=C\CCCCCCCCC. The van der Waals surface area contributed by atoms with E-state index in [9.17, 15) is 35.1 Å². The van der Waals surface area contributed by atoms with Gasteiger partial charge in [-0.15, -0.1) is 0 Å². The largest absolute Gasteiger partial charge is 0.466 e. The number of carbonyl (C=O) groups is 2. The van der Waals surface area contributed by atoms with Crippen molar-refractivity contribution in [3.63, 3.8) is 0 Å². The molecule has 0 radical (unpaired) electrons. The van der Waals surface area contributed by atoms with Crippen molar-refractivity contribution < 1.29 is 49.3 Å². The Morgan fingerprint density at radius 1 is 0.487 bits per heavy atom. The summed E-state index contributed by atoms with van der Waals surface area (Å²) in [5.41, 5.74) is 0. The lowest BCUT2D eigenvalue weighted by molar-refractivity contribution is -0.302. The maximum Gasteiger partial charge on any atom is 0.305 e. The van der Waals surface area contributed by atoms with E-state index in [0.717, 1.165) is 83.5 Å². The number of ether oxygens (including phenoxy) is 3. The summed E-state index contributed by atoms with van der Waals surface area (Å²) in [6.07, 6.45) is 67.7. The van der Waals surface area contributed by atoms with Gasteiger partial charge in [0.15, 0.2) is 6.29 Å². The first-order valence-corrected chi connectivity index (χ1v) is 33.2. The number of aliphatic hydroxyl groups is 5. The fourth-order valence-electron chi connectivity index (χ4n) is 10.1. The third-order valence-corrected chi connectivity index (χ3v) is 15.3. The number of carbonyl (C=O) groups excluding carboxylic acids is 2. The van der Waals surface area contributed by atoms with E-state index in [1.807, 2.05) is 19.1 Å². The van der Waals surface area contributed by atoms with Crippen LogP contribution in [0.3, 0.4) is 0 Å². The van der Waals surface area contributed by atoms with Crippen LogP contribution in [0.2, 0.25) is 0 Å². The van der Waals surface area contributed by atoms with Gasteiger partial charge in [0.25, 0.3) is 0 Å². The highest BCUT2D eigenvalue weighted by Gasteiger charge is 2.44. The molecule has 80 heavy (non-hydrogen) atoms. The minimum Gasteiger partial charge on any atom is -0.466 e. The van der Waals surface area contributed by atoms with Crippen molar-refractivity contribution in [3.8, 4) is 0 Å². The van der Waals surface area contributed by atoms with Crippen molar-refractivity contribution in [1.29, 1.82) is 0 Å². The average Bonchev–Trinajstić information content (AvgIpc) is 3.46. The molecular formula is C69H123NO10. The Labute approximate surface area is 490 Å². The molecule has 1 saturated heterocycles. The van der Waals surface area contributed by atoms with Crippen molar-refractivity contribution in [1.82, 2.24) is 5.32 Å². The van der Waals surface area contributed by atoms with Gasteiger partial charge in [0, 0.05) is 12.8 Å². The van der Waals surface area contributed by atoms with Crippen molar-refractivity contribution in [2.24, 2.45) is 0 Å². The number of unbranched alkanes of at least 4 members (excludes halogenated alkanes) is 34. The van der Waals surface area contributed by atoms with Gasteiger partial charge in [-0.3, -0.25) is 9.59 Å². The lowest BCUT2D eigenvalue weighted by atomic mass is 9.99. The Balaban J connectivity index is 1.96. The minimum atomic E-state index is -1.58. The second kappa shape index (κ2) is 57.9. The van der Waals surface area contributed by atoms with E-state index in [1.165, 1.54) is 180 Å². The smallest absolute Gasteiger partial charge is 0.305 e. The third-order valence-electron chi connectivity index (χ3n) is 15.3. The zero-order valence-electron chi connectivity index (χ0n) is 51.3. The molecule has 0 aromatic heterocycles. The molecule has 1 aliphatic heterocycles. The highest BCUT2D eigenvalue weighted by Crippen LogP contribution is 2.23. The monoisotopic (exact) mass is 1130 g/mol. The topological polar surface area (TPSA) is 175 Å². The van der Waals surface area contributed by atoms with Crippen LogP contribution in [0.25, 0.3) is 0 Å². The molecule has 464 valence electrons. The normalized spacial score (nSPS) is 18.8. The van der Waals surface area contributed by atoms with Gasteiger partial charge in [0.2, 0.25) is 5.91 Å². The predicted molar refractivity (Wildman–Crippen MR) is 333 cm³/mol. The fourth-order valence-corrected chi connectivity index (χ4v) is 10.1. The van der Waals surface area contributed by atoms with Gasteiger partial charge in [-0.05, 0) is 110 Å². The third kappa shape index (κ3) is 46.6. The fraction of sp³-hybridized carbons (Fsp3) is 0.797. The maximum atomic E-state index is 13.0. The molecule has 1 amide bonds. The lowest BCUT2D eigenvalue weighted by Gasteiger charge is -2.40. The van der Waals surface area contributed by atoms with E-state index < -0.39 is 49.5 Å². The van der Waals surface area contributed by atoms with Gasteiger partial charge in [-0.25, -0.2) is 0 Å². The van der Waals surface area contributed by atoms with E-state index in [0.29, 0.717) is 19.4 Å². The Morgan fingerprint density at radius 3 is 1.39 bits per heavy atom. The first-order chi connectivity index (χ1) is 39.2. The molecule has 0 aromatic carbocycles. The molecular weight excluding hydrogens is 1000 g/mol. The van der Waals surface area contributed by atoms with Crippen molar-refractivity contribution in [2.75, 3.05) is 19.8 Å². The van der Waals surface area contributed by atoms with Gasteiger partial charge in [-0.2, -0.15) is 0 Å². The van der Waals surface area contributed by atoms with E-state index in [1.54, 1.807) is 6.08 Å². The molecule has 0 spiro atoms. The van der Waals surface area contributed by atoms with Crippen molar-refractivity contribution >= 4 is 11.9 Å². The van der Waals surface area contributed by atoms with Crippen LogP contribution in [-0.2, 0) is 23.8 Å². The molecule has 7 unspecified atom stereocenters. The standard InChI is InChI=1S/C69H123NO10/c1-3-5-7-9-11-13-14-15-16-31-34-37-41-45-49-53-57-65(74)78-58-54-50-46-42-38-35-32-29-27-25-23-21-19-17-18-20-22-24-26-28-30-33-36-40-44-48-52-56-64(73)70-61(62(72)55-51-47-43-39-12-10-8-6-4-2)60-79-69-68(77)67(76)66(75)63(59-71)80-69/h4,6,12,16-18,21,23,31,39,51,55,61-63,66-69,71-72,75-77H,3,5,7-11,13-15,19-20,22,24-30,32-38,40-50,52-54,56-60H2,1-2H3,(H,70,73)/b6-4+,18-17-,23-21-,31-16-,39-12+,55-51+. The highest BCUT2D eigenvalue weighted by atomic mass is 16.7. The molecule has 0 aliphatic carbocycles. The molecule has 1 rings (SSSR count). The predicted octanol–water partition coefficient (Wildman–Crippen LogP) is 16.3. The number of allylic oxidation sites excluding steroid dienone is 11. The Bertz CT molecular complexity index is 1560. The Kier molecular flexibility index (Phi) is 54.4. The van der Waals surface area contributed by atoms with E-state index in [4.69, 9.17) is 14.2 Å². The van der Waals surface area contributed by atoms with Crippen LogP contribution in [0, 0.1) is 0 Å².